The molecule has 0 atom stereocenters. The highest BCUT2D eigenvalue weighted by Crippen LogP contribution is 2.20. The highest BCUT2D eigenvalue weighted by Gasteiger charge is 2.21. The molecular formula is C25H34N2O4S. The fourth-order valence-corrected chi connectivity index (χ4v) is 4.05. The van der Waals surface area contributed by atoms with E-state index in [4.69, 9.17) is 4.74 Å². The molecule has 0 heterocycles. The van der Waals surface area contributed by atoms with Crippen LogP contribution in [0.5, 0.6) is 0 Å². The molecule has 7 heteroatoms. The summed E-state index contributed by atoms with van der Waals surface area (Å²) in [6.07, 6.45) is 1.89. The normalized spacial score (nSPS) is 11.8. The molecule has 0 aliphatic rings. The lowest BCUT2D eigenvalue weighted by Gasteiger charge is -2.26. The SMILES string of the molecule is C=CCN(CCc1ccc(NS(=O)(=O)c2ccc(C(C)C)cc2)cc1)C(=O)OC(C)(C)C. The van der Waals surface area contributed by atoms with Gasteiger partial charge in [0, 0.05) is 18.8 Å². The molecule has 0 radical (unpaired) electrons. The quantitative estimate of drug-likeness (QED) is 0.498. The molecule has 0 aliphatic heterocycles. The van der Waals surface area contributed by atoms with Crippen LogP contribution in [0.3, 0.4) is 0 Å². The first-order valence-corrected chi connectivity index (χ1v) is 12.2. The summed E-state index contributed by atoms with van der Waals surface area (Å²) in [5.74, 6) is 0.338. The largest absolute Gasteiger partial charge is 0.444 e. The number of carbonyl (C=O) groups excluding carboxylic acids is 1. The van der Waals surface area contributed by atoms with Gasteiger partial charge < -0.3 is 9.64 Å². The Morgan fingerprint density at radius 1 is 1.09 bits per heavy atom. The molecule has 2 aromatic rings. The molecule has 0 fully saturated rings. The number of ether oxygens (including phenoxy) is 1. The molecule has 0 bridgehead atoms. The van der Waals surface area contributed by atoms with Crippen molar-refractivity contribution in [3.8, 4) is 0 Å². The minimum absolute atomic E-state index is 0.225. The maximum absolute atomic E-state index is 12.7. The lowest BCUT2D eigenvalue weighted by molar-refractivity contribution is 0.0274. The van der Waals surface area contributed by atoms with Gasteiger partial charge in [-0.1, -0.05) is 44.2 Å². The highest BCUT2D eigenvalue weighted by molar-refractivity contribution is 7.92. The topological polar surface area (TPSA) is 75.7 Å². The summed E-state index contributed by atoms with van der Waals surface area (Å²) in [4.78, 5) is 14.2. The van der Waals surface area contributed by atoms with Crippen molar-refractivity contribution in [2.45, 2.75) is 57.5 Å². The van der Waals surface area contributed by atoms with Crippen LogP contribution in [0, 0.1) is 0 Å². The number of nitrogens with one attached hydrogen (secondary N) is 1. The number of sulfonamides is 1. The third-order valence-corrected chi connectivity index (χ3v) is 6.13. The smallest absolute Gasteiger partial charge is 0.410 e. The number of carbonyl (C=O) groups is 1. The van der Waals surface area contributed by atoms with E-state index >= 15 is 0 Å². The zero-order valence-electron chi connectivity index (χ0n) is 19.6. The molecule has 0 aromatic heterocycles. The maximum Gasteiger partial charge on any atom is 0.410 e. The number of benzene rings is 2. The third-order valence-electron chi connectivity index (χ3n) is 4.73. The van der Waals surface area contributed by atoms with Gasteiger partial charge in [-0.3, -0.25) is 4.72 Å². The standard InChI is InChI=1S/C25H34N2O4S/c1-7-17-27(24(28)31-25(4,5)6)18-16-20-8-12-22(13-9-20)26-32(29,30)23-14-10-21(11-15-23)19(2)3/h7-15,19,26H,1,16-18H2,2-6H3. The molecule has 0 saturated heterocycles. The van der Waals surface area contributed by atoms with Crippen molar-refractivity contribution in [1.82, 2.24) is 4.90 Å². The first-order valence-electron chi connectivity index (χ1n) is 10.7. The van der Waals surface area contributed by atoms with Gasteiger partial charge in [-0.2, -0.15) is 0 Å². The number of amides is 1. The molecule has 0 aliphatic carbocycles. The van der Waals surface area contributed by atoms with Gasteiger partial charge in [-0.05, 0) is 68.5 Å². The molecule has 174 valence electrons. The van der Waals surface area contributed by atoms with E-state index in [1.54, 1.807) is 35.2 Å². The van der Waals surface area contributed by atoms with Crippen molar-refractivity contribution in [1.29, 1.82) is 0 Å². The van der Waals surface area contributed by atoms with E-state index in [1.807, 2.05) is 45.0 Å². The zero-order chi connectivity index (χ0) is 23.9. The van der Waals surface area contributed by atoms with Crippen LogP contribution in [-0.2, 0) is 21.2 Å². The predicted octanol–water partition coefficient (Wildman–Crippen LogP) is 5.58. The second kappa shape index (κ2) is 10.7. The summed E-state index contributed by atoms with van der Waals surface area (Å²) in [5, 5.41) is 0. The fourth-order valence-electron chi connectivity index (χ4n) is 2.99. The van der Waals surface area contributed by atoms with Gasteiger partial charge in [0.25, 0.3) is 10.0 Å². The van der Waals surface area contributed by atoms with E-state index in [-0.39, 0.29) is 11.0 Å². The Kier molecular flexibility index (Phi) is 8.50. The van der Waals surface area contributed by atoms with Gasteiger partial charge in [-0.25, -0.2) is 13.2 Å². The van der Waals surface area contributed by atoms with E-state index in [2.05, 4.69) is 25.1 Å². The third kappa shape index (κ3) is 7.71. The van der Waals surface area contributed by atoms with Gasteiger partial charge in [0.15, 0.2) is 0 Å². The van der Waals surface area contributed by atoms with Gasteiger partial charge in [0.05, 0.1) is 4.90 Å². The van der Waals surface area contributed by atoms with Gasteiger partial charge in [0.1, 0.15) is 5.60 Å². The van der Waals surface area contributed by atoms with Crippen LogP contribution in [0.2, 0.25) is 0 Å². The number of anilines is 1. The van der Waals surface area contributed by atoms with Crippen molar-refractivity contribution < 1.29 is 17.9 Å². The molecule has 0 saturated carbocycles. The molecule has 1 N–H and O–H groups in total. The molecular weight excluding hydrogens is 424 g/mol. The Morgan fingerprint density at radius 3 is 2.19 bits per heavy atom. The number of rotatable bonds is 9. The number of hydrogen-bond acceptors (Lipinski definition) is 4. The van der Waals surface area contributed by atoms with Gasteiger partial charge >= 0.3 is 6.09 Å². The second-order valence-corrected chi connectivity index (χ2v) is 10.7. The van der Waals surface area contributed by atoms with Crippen LogP contribution in [0.15, 0.2) is 66.1 Å². The molecule has 6 nitrogen and oxygen atoms in total. The Morgan fingerprint density at radius 2 is 1.69 bits per heavy atom. The Balaban J connectivity index is 2.01. The average molecular weight is 459 g/mol. The summed E-state index contributed by atoms with van der Waals surface area (Å²) in [6.45, 7) is 14.2. The average Bonchev–Trinajstić information content (AvgIpc) is 2.70. The zero-order valence-corrected chi connectivity index (χ0v) is 20.4. The van der Waals surface area contributed by atoms with Crippen LogP contribution in [0.25, 0.3) is 0 Å². The van der Waals surface area contributed by atoms with Crippen molar-refractivity contribution in [2.75, 3.05) is 17.8 Å². The van der Waals surface area contributed by atoms with E-state index in [0.717, 1.165) is 11.1 Å². The summed E-state index contributed by atoms with van der Waals surface area (Å²) in [6, 6.07) is 14.1. The molecule has 0 unspecified atom stereocenters. The molecule has 1 amide bonds. The first kappa shape index (κ1) is 25.5. The van der Waals surface area contributed by atoms with Crippen LogP contribution < -0.4 is 4.72 Å². The maximum atomic E-state index is 12.7. The van der Waals surface area contributed by atoms with Gasteiger partial charge in [0.2, 0.25) is 0 Å². The molecule has 2 rings (SSSR count). The van der Waals surface area contributed by atoms with Gasteiger partial charge in [-0.15, -0.1) is 6.58 Å². The summed E-state index contributed by atoms with van der Waals surface area (Å²) >= 11 is 0. The van der Waals surface area contributed by atoms with E-state index in [1.165, 1.54) is 0 Å². The van der Waals surface area contributed by atoms with E-state index in [0.29, 0.717) is 31.1 Å². The van der Waals surface area contributed by atoms with E-state index in [9.17, 15) is 13.2 Å². The predicted molar refractivity (Wildman–Crippen MR) is 129 cm³/mol. The summed E-state index contributed by atoms with van der Waals surface area (Å²) in [5.41, 5.74) is 1.98. The lowest BCUT2D eigenvalue weighted by atomic mass is 10.0. The highest BCUT2D eigenvalue weighted by atomic mass is 32.2. The fraction of sp³-hybridized carbons (Fsp3) is 0.400. The van der Waals surface area contributed by atoms with Crippen molar-refractivity contribution in [3.63, 3.8) is 0 Å². The van der Waals surface area contributed by atoms with Crippen molar-refractivity contribution in [2.24, 2.45) is 0 Å². The summed E-state index contributed by atoms with van der Waals surface area (Å²) in [7, 11) is -3.66. The number of hydrogen-bond donors (Lipinski definition) is 1. The van der Waals surface area contributed by atoms with Crippen molar-refractivity contribution in [3.05, 3.63) is 72.3 Å². The minimum atomic E-state index is -3.66. The van der Waals surface area contributed by atoms with Crippen LogP contribution >= 0.6 is 0 Å². The van der Waals surface area contributed by atoms with Crippen LogP contribution in [0.4, 0.5) is 10.5 Å². The molecule has 32 heavy (non-hydrogen) atoms. The van der Waals surface area contributed by atoms with Crippen LogP contribution in [-0.4, -0.2) is 38.1 Å². The minimum Gasteiger partial charge on any atom is -0.444 e. The Labute approximate surface area is 192 Å². The first-order chi connectivity index (χ1) is 14.9. The summed E-state index contributed by atoms with van der Waals surface area (Å²) < 4.78 is 33.4. The Bertz CT molecular complexity index is 1010. The van der Waals surface area contributed by atoms with Crippen LogP contribution in [0.1, 0.15) is 51.7 Å². The Hall–Kier alpha value is -2.80. The number of nitrogens with zero attached hydrogens (tertiary/aromatic N) is 1. The molecule has 2 aromatic carbocycles. The van der Waals surface area contributed by atoms with Crippen molar-refractivity contribution >= 4 is 21.8 Å². The van der Waals surface area contributed by atoms with E-state index < -0.39 is 15.6 Å². The molecule has 0 spiro atoms. The lowest BCUT2D eigenvalue weighted by Crippen LogP contribution is -2.38. The second-order valence-electron chi connectivity index (χ2n) is 8.99. The monoisotopic (exact) mass is 458 g/mol.